The first-order valence-corrected chi connectivity index (χ1v) is 10.1. The second-order valence-electron chi connectivity index (χ2n) is 7.55. The van der Waals surface area contributed by atoms with Gasteiger partial charge in [0.25, 0.3) is 0 Å². The number of alkyl halides is 3. The Kier molecular flexibility index (Phi) is 6.01. The van der Waals surface area contributed by atoms with Gasteiger partial charge in [0.15, 0.2) is 0 Å². The molecule has 0 radical (unpaired) electrons. The summed E-state index contributed by atoms with van der Waals surface area (Å²) in [6.45, 7) is 2.40. The number of nitrogens with one attached hydrogen (secondary N) is 1. The number of β-amino-alcohol motifs (C(OH)–C–C–N with tert-alkyl or cyclic N) is 1. The Hall–Kier alpha value is -2.85. The Balaban J connectivity index is 1.70. The molecule has 0 spiro atoms. The zero-order valence-electron chi connectivity index (χ0n) is 17.1. The lowest BCUT2D eigenvalue weighted by molar-refractivity contribution is -0.137. The third-order valence-electron chi connectivity index (χ3n) is 5.51. The van der Waals surface area contributed by atoms with Crippen molar-refractivity contribution in [2.24, 2.45) is 0 Å². The number of ether oxygens (including phenoxy) is 1. The van der Waals surface area contributed by atoms with E-state index in [1.807, 2.05) is 0 Å². The van der Waals surface area contributed by atoms with Crippen LogP contribution in [0.4, 0.5) is 19.1 Å². The van der Waals surface area contributed by atoms with Crippen LogP contribution in [0.2, 0.25) is 0 Å². The van der Waals surface area contributed by atoms with Crippen LogP contribution in [0.25, 0.3) is 16.8 Å². The molecule has 166 valence electrons. The van der Waals surface area contributed by atoms with Gasteiger partial charge in [0.1, 0.15) is 11.4 Å². The maximum atomic E-state index is 13.7. The van der Waals surface area contributed by atoms with Crippen LogP contribution in [0.1, 0.15) is 18.4 Å². The SMILES string of the molecule is COc1ccc(-c2nnc(N[C@@H]3CCCN(CCO)C3)n3cccc23)c(C(F)(F)F)c1. The predicted molar refractivity (Wildman–Crippen MR) is 110 cm³/mol. The molecule has 3 heterocycles. The molecule has 0 unspecified atom stereocenters. The fourth-order valence-corrected chi connectivity index (χ4v) is 4.04. The quantitative estimate of drug-likeness (QED) is 0.619. The van der Waals surface area contributed by atoms with E-state index in [1.54, 1.807) is 22.7 Å². The number of aliphatic hydroxyl groups excluding tert-OH is 1. The Morgan fingerprint density at radius 1 is 1.26 bits per heavy atom. The van der Waals surface area contributed by atoms with E-state index < -0.39 is 11.7 Å². The summed E-state index contributed by atoms with van der Waals surface area (Å²) < 4.78 is 47.8. The van der Waals surface area contributed by atoms with Crippen LogP contribution in [0.15, 0.2) is 36.5 Å². The van der Waals surface area contributed by atoms with E-state index in [0.717, 1.165) is 32.0 Å². The van der Waals surface area contributed by atoms with Gasteiger partial charge in [-0.1, -0.05) is 0 Å². The first-order valence-electron chi connectivity index (χ1n) is 10.1. The number of fused-ring (bicyclic) bond motifs is 1. The minimum Gasteiger partial charge on any atom is -0.497 e. The number of nitrogens with zero attached hydrogens (tertiary/aromatic N) is 4. The van der Waals surface area contributed by atoms with E-state index in [-0.39, 0.29) is 29.7 Å². The van der Waals surface area contributed by atoms with Crippen LogP contribution in [-0.2, 0) is 6.18 Å². The molecule has 0 bridgehead atoms. The fourth-order valence-electron chi connectivity index (χ4n) is 4.04. The average molecular weight is 435 g/mol. The molecule has 2 N–H and O–H groups in total. The molecule has 4 rings (SSSR count). The smallest absolute Gasteiger partial charge is 0.417 e. The first-order chi connectivity index (χ1) is 14.9. The highest BCUT2D eigenvalue weighted by atomic mass is 19.4. The third-order valence-corrected chi connectivity index (χ3v) is 5.51. The number of benzene rings is 1. The van der Waals surface area contributed by atoms with Crippen LogP contribution in [0, 0.1) is 0 Å². The molecule has 1 aliphatic rings. The van der Waals surface area contributed by atoms with Crippen molar-refractivity contribution >= 4 is 11.5 Å². The molecule has 0 saturated carbocycles. The maximum Gasteiger partial charge on any atom is 0.417 e. The summed E-state index contributed by atoms with van der Waals surface area (Å²) in [4.78, 5) is 2.17. The molecule has 10 heteroatoms. The normalized spacial score (nSPS) is 17.8. The van der Waals surface area contributed by atoms with Gasteiger partial charge in [0.2, 0.25) is 5.95 Å². The zero-order valence-corrected chi connectivity index (χ0v) is 17.1. The lowest BCUT2D eigenvalue weighted by Crippen LogP contribution is -2.43. The van der Waals surface area contributed by atoms with Crippen molar-refractivity contribution in [1.82, 2.24) is 19.5 Å². The average Bonchev–Trinajstić information content (AvgIpc) is 3.24. The van der Waals surface area contributed by atoms with E-state index >= 15 is 0 Å². The van der Waals surface area contributed by atoms with Crippen molar-refractivity contribution < 1.29 is 23.0 Å². The first kappa shape index (κ1) is 21.4. The number of rotatable bonds is 6. The van der Waals surface area contributed by atoms with Gasteiger partial charge in [-0.25, -0.2) is 0 Å². The molecule has 2 aromatic heterocycles. The van der Waals surface area contributed by atoms with Crippen molar-refractivity contribution in [3.8, 4) is 17.0 Å². The van der Waals surface area contributed by atoms with Crippen LogP contribution in [0.5, 0.6) is 5.75 Å². The fraction of sp³-hybridized carbons (Fsp3) is 0.429. The highest BCUT2D eigenvalue weighted by Crippen LogP contribution is 2.39. The largest absolute Gasteiger partial charge is 0.497 e. The Labute approximate surface area is 177 Å². The van der Waals surface area contributed by atoms with E-state index in [9.17, 15) is 18.3 Å². The van der Waals surface area contributed by atoms with Crippen LogP contribution < -0.4 is 10.1 Å². The number of piperidine rings is 1. The molecule has 1 aromatic carbocycles. The van der Waals surface area contributed by atoms with Crippen molar-refractivity contribution in [1.29, 1.82) is 0 Å². The summed E-state index contributed by atoms with van der Waals surface area (Å²) in [6, 6.07) is 7.40. The van der Waals surface area contributed by atoms with E-state index in [4.69, 9.17) is 4.74 Å². The molecular weight excluding hydrogens is 411 g/mol. The highest BCUT2D eigenvalue weighted by molar-refractivity contribution is 5.80. The second-order valence-corrected chi connectivity index (χ2v) is 7.55. The Morgan fingerprint density at radius 3 is 2.84 bits per heavy atom. The monoisotopic (exact) mass is 435 g/mol. The van der Waals surface area contributed by atoms with Gasteiger partial charge in [-0.05, 0) is 49.7 Å². The number of hydrogen-bond acceptors (Lipinski definition) is 6. The summed E-state index contributed by atoms with van der Waals surface area (Å²) in [6.07, 6.45) is -0.894. The number of hydrogen-bond donors (Lipinski definition) is 2. The number of likely N-dealkylation sites (tertiary alicyclic amines) is 1. The Bertz CT molecular complexity index is 1050. The Morgan fingerprint density at radius 2 is 2.10 bits per heavy atom. The lowest BCUT2D eigenvalue weighted by Gasteiger charge is -2.32. The third kappa shape index (κ3) is 4.45. The van der Waals surface area contributed by atoms with Crippen LogP contribution >= 0.6 is 0 Å². The molecule has 1 aliphatic heterocycles. The van der Waals surface area contributed by atoms with Crippen molar-refractivity contribution in [3.05, 3.63) is 42.1 Å². The van der Waals surface area contributed by atoms with E-state index in [2.05, 4.69) is 20.4 Å². The predicted octanol–water partition coefficient (Wildman–Crippen LogP) is 3.29. The zero-order chi connectivity index (χ0) is 22.0. The minimum absolute atomic E-state index is 0.0529. The maximum absolute atomic E-state index is 13.7. The van der Waals surface area contributed by atoms with Crippen LogP contribution in [0.3, 0.4) is 0 Å². The number of aliphatic hydroxyl groups is 1. The van der Waals surface area contributed by atoms with E-state index in [0.29, 0.717) is 18.0 Å². The molecule has 1 fully saturated rings. The van der Waals surface area contributed by atoms with Crippen molar-refractivity contribution in [2.45, 2.75) is 25.1 Å². The number of aromatic nitrogens is 3. The molecule has 1 atom stereocenters. The van der Waals surface area contributed by atoms with Gasteiger partial charge in [-0.3, -0.25) is 9.30 Å². The summed E-state index contributed by atoms with van der Waals surface area (Å²) in [5.74, 6) is 0.597. The summed E-state index contributed by atoms with van der Waals surface area (Å²) in [5.41, 5.74) is -0.202. The molecule has 0 aliphatic carbocycles. The highest BCUT2D eigenvalue weighted by Gasteiger charge is 2.35. The summed E-state index contributed by atoms with van der Waals surface area (Å²) in [5, 5.41) is 20.9. The van der Waals surface area contributed by atoms with Gasteiger partial charge < -0.3 is 15.2 Å². The van der Waals surface area contributed by atoms with Gasteiger partial charge >= 0.3 is 6.18 Å². The van der Waals surface area contributed by atoms with E-state index in [1.165, 1.54) is 19.2 Å². The lowest BCUT2D eigenvalue weighted by atomic mass is 10.0. The number of methoxy groups -OCH3 is 1. The van der Waals surface area contributed by atoms with Gasteiger partial charge in [0.05, 0.1) is 24.8 Å². The molecule has 0 amide bonds. The van der Waals surface area contributed by atoms with Gasteiger partial charge in [-0.15, -0.1) is 10.2 Å². The van der Waals surface area contributed by atoms with Crippen molar-refractivity contribution in [2.75, 3.05) is 38.7 Å². The van der Waals surface area contributed by atoms with Crippen LogP contribution in [-0.4, -0.2) is 64.0 Å². The van der Waals surface area contributed by atoms with Gasteiger partial charge in [-0.2, -0.15) is 13.2 Å². The number of anilines is 1. The van der Waals surface area contributed by atoms with Crippen molar-refractivity contribution in [3.63, 3.8) is 0 Å². The summed E-state index contributed by atoms with van der Waals surface area (Å²) >= 11 is 0. The summed E-state index contributed by atoms with van der Waals surface area (Å²) in [7, 11) is 1.33. The molecule has 3 aromatic rings. The standard InChI is InChI=1S/C21H24F3N5O2/c1-31-15-6-7-16(17(12-15)21(22,23)24)19-18-5-3-9-29(18)20(27-26-19)25-14-4-2-8-28(13-14)10-11-30/h3,5-7,9,12,14,30H,2,4,8,10-11,13H2,1H3,(H,25,27)/t14-/m1/s1. The van der Waals surface area contributed by atoms with Gasteiger partial charge in [0, 0.05) is 30.9 Å². The second kappa shape index (κ2) is 8.72. The number of halogens is 3. The molecule has 1 saturated heterocycles. The molecular formula is C21H24F3N5O2. The molecule has 7 nitrogen and oxygen atoms in total. The minimum atomic E-state index is -4.57. The topological polar surface area (TPSA) is 74.9 Å². The molecule has 31 heavy (non-hydrogen) atoms.